The molecule has 0 saturated carbocycles. The minimum atomic E-state index is 0.529. The van der Waals surface area contributed by atoms with E-state index in [1.165, 1.54) is 70.3 Å². The lowest BCUT2D eigenvalue weighted by atomic mass is 10.0. The summed E-state index contributed by atoms with van der Waals surface area (Å²) in [5, 5.41) is 0. The zero-order valence-corrected chi connectivity index (χ0v) is 11.9. The van der Waals surface area contributed by atoms with Crippen molar-refractivity contribution in [2.45, 2.75) is 44.7 Å². The summed E-state index contributed by atoms with van der Waals surface area (Å²) >= 11 is 0. The zero-order chi connectivity index (χ0) is 12.9. The Morgan fingerprint density at radius 2 is 1.11 bits per heavy atom. The molecule has 0 spiro atoms. The Kier molecular flexibility index (Phi) is 4.52. The topological polar surface area (TPSA) is 6.48 Å². The van der Waals surface area contributed by atoms with E-state index in [1.54, 1.807) is 0 Å². The lowest BCUT2D eigenvalue weighted by Crippen LogP contribution is -2.45. The fraction of sp³-hybridized carbons (Fsp3) is 0.647. The van der Waals surface area contributed by atoms with Gasteiger partial charge in [0.05, 0.1) is 6.17 Å². The molecule has 104 valence electrons. The lowest BCUT2D eigenvalue weighted by molar-refractivity contribution is 0.0156. The van der Waals surface area contributed by atoms with Crippen molar-refractivity contribution in [2.75, 3.05) is 26.2 Å². The van der Waals surface area contributed by atoms with Gasteiger partial charge in [0.1, 0.15) is 0 Å². The van der Waals surface area contributed by atoms with Crippen molar-refractivity contribution in [2.24, 2.45) is 0 Å². The van der Waals surface area contributed by atoms with E-state index >= 15 is 0 Å². The summed E-state index contributed by atoms with van der Waals surface area (Å²) in [6.45, 7) is 5.10. The maximum atomic E-state index is 2.71. The van der Waals surface area contributed by atoms with E-state index in [1.807, 2.05) is 0 Å². The van der Waals surface area contributed by atoms with Gasteiger partial charge in [-0.3, -0.25) is 9.80 Å². The molecule has 2 heterocycles. The number of hydrogen-bond acceptors (Lipinski definition) is 2. The van der Waals surface area contributed by atoms with Crippen LogP contribution in [0.3, 0.4) is 0 Å². The van der Waals surface area contributed by atoms with Crippen molar-refractivity contribution < 1.29 is 0 Å². The van der Waals surface area contributed by atoms with Gasteiger partial charge in [0.25, 0.3) is 0 Å². The third-order valence-corrected chi connectivity index (χ3v) is 4.57. The summed E-state index contributed by atoms with van der Waals surface area (Å²) < 4.78 is 0. The van der Waals surface area contributed by atoms with Gasteiger partial charge in [-0.05, 0) is 57.4 Å². The molecule has 2 heteroatoms. The Bertz CT molecular complexity index is 346. The van der Waals surface area contributed by atoms with Gasteiger partial charge in [-0.25, -0.2) is 0 Å². The second-order valence-electron chi connectivity index (χ2n) is 5.98. The Morgan fingerprint density at radius 3 is 1.58 bits per heavy atom. The second-order valence-corrected chi connectivity index (χ2v) is 5.98. The van der Waals surface area contributed by atoms with Gasteiger partial charge in [0.2, 0.25) is 0 Å². The van der Waals surface area contributed by atoms with Crippen molar-refractivity contribution in [3.8, 4) is 0 Å². The van der Waals surface area contributed by atoms with Crippen molar-refractivity contribution in [1.82, 2.24) is 9.80 Å². The third-order valence-electron chi connectivity index (χ3n) is 4.57. The maximum absolute atomic E-state index is 2.71. The average molecular weight is 258 g/mol. The Morgan fingerprint density at radius 1 is 0.632 bits per heavy atom. The predicted molar refractivity (Wildman–Crippen MR) is 80.0 cm³/mol. The second kappa shape index (κ2) is 6.53. The van der Waals surface area contributed by atoms with Gasteiger partial charge in [-0.15, -0.1) is 0 Å². The molecule has 2 nitrogen and oxygen atoms in total. The highest BCUT2D eigenvalue weighted by molar-refractivity contribution is 5.19. The lowest BCUT2D eigenvalue weighted by Gasteiger charge is -2.43. The molecule has 2 saturated heterocycles. The smallest absolute Gasteiger partial charge is 0.0886 e. The van der Waals surface area contributed by atoms with E-state index in [0.29, 0.717) is 6.17 Å². The van der Waals surface area contributed by atoms with Crippen LogP contribution >= 0.6 is 0 Å². The normalized spacial score (nSPS) is 22.8. The van der Waals surface area contributed by atoms with Crippen LogP contribution in [0.15, 0.2) is 30.3 Å². The highest BCUT2D eigenvalue weighted by Gasteiger charge is 2.28. The highest BCUT2D eigenvalue weighted by Crippen LogP contribution is 2.30. The number of piperidine rings is 2. The molecule has 0 radical (unpaired) electrons. The van der Waals surface area contributed by atoms with E-state index in [9.17, 15) is 0 Å². The van der Waals surface area contributed by atoms with Crippen LogP contribution in [0, 0.1) is 0 Å². The first-order chi connectivity index (χ1) is 9.45. The summed E-state index contributed by atoms with van der Waals surface area (Å²) in [6.07, 6.45) is 8.85. The van der Waals surface area contributed by atoms with Crippen LogP contribution in [0.1, 0.15) is 50.3 Å². The number of nitrogens with zero attached hydrogens (tertiary/aromatic N) is 2. The van der Waals surface area contributed by atoms with E-state index in [0.717, 1.165) is 0 Å². The van der Waals surface area contributed by atoms with Crippen LogP contribution in [0.25, 0.3) is 0 Å². The number of benzene rings is 1. The van der Waals surface area contributed by atoms with Gasteiger partial charge < -0.3 is 0 Å². The molecule has 0 N–H and O–H groups in total. The fourth-order valence-corrected chi connectivity index (χ4v) is 3.60. The van der Waals surface area contributed by atoms with Crippen molar-refractivity contribution in [3.05, 3.63) is 35.9 Å². The summed E-state index contributed by atoms with van der Waals surface area (Å²) in [7, 11) is 0. The molecule has 2 fully saturated rings. The summed E-state index contributed by atoms with van der Waals surface area (Å²) in [4.78, 5) is 5.42. The zero-order valence-electron chi connectivity index (χ0n) is 11.9. The largest absolute Gasteiger partial charge is 0.284 e. The van der Waals surface area contributed by atoms with E-state index in [2.05, 4.69) is 40.1 Å². The molecule has 19 heavy (non-hydrogen) atoms. The molecule has 0 atom stereocenters. The highest BCUT2D eigenvalue weighted by atomic mass is 15.4. The monoisotopic (exact) mass is 258 g/mol. The number of likely N-dealkylation sites (tertiary alicyclic amines) is 2. The molecule has 3 rings (SSSR count). The quantitative estimate of drug-likeness (QED) is 0.816. The average Bonchev–Trinajstić information content (AvgIpc) is 2.51. The standard InChI is InChI=1S/C17H26N2/c1-4-10-16(11-5-1)17(18-12-6-2-7-13-18)19-14-8-3-9-15-19/h1,4-5,10-11,17H,2-3,6-9,12-15H2. The Labute approximate surface area is 117 Å². The van der Waals surface area contributed by atoms with Gasteiger partial charge in [0.15, 0.2) is 0 Å². The molecule has 1 aromatic rings. The van der Waals surface area contributed by atoms with Crippen molar-refractivity contribution in [3.63, 3.8) is 0 Å². The molecule has 0 bridgehead atoms. The first kappa shape index (κ1) is 13.1. The van der Waals surface area contributed by atoms with Gasteiger partial charge >= 0.3 is 0 Å². The Balaban J connectivity index is 1.81. The van der Waals surface area contributed by atoms with Crippen LogP contribution in [-0.4, -0.2) is 36.0 Å². The molecule has 2 aliphatic rings. The van der Waals surface area contributed by atoms with E-state index in [-0.39, 0.29) is 0 Å². The number of rotatable bonds is 3. The van der Waals surface area contributed by atoms with Crippen molar-refractivity contribution in [1.29, 1.82) is 0 Å². The van der Waals surface area contributed by atoms with Crippen LogP contribution in [0.2, 0.25) is 0 Å². The number of hydrogen-bond donors (Lipinski definition) is 0. The van der Waals surface area contributed by atoms with E-state index < -0.39 is 0 Å². The SMILES string of the molecule is c1ccc(C(N2CCCCC2)N2CCCCC2)cc1. The molecule has 0 unspecified atom stereocenters. The van der Waals surface area contributed by atoms with E-state index in [4.69, 9.17) is 0 Å². The molecule has 2 aliphatic heterocycles. The van der Waals surface area contributed by atoms with Crippen LogP contribution in [0.5, 0.6) is 0 Å². The van der Waals surface area contributed by atoms with Gasteiger partial charge in [-0.1, -0.05) is 43.2 Å². The minimum Gasteiger partial charge on any atom is -0.284 e. The minimum absolute atomic E-state index is 0.529. The predicted octanol–water partition coefficient (Wildman–Crippen LogP) is 3.66. The fourth-order valence-electron chi connectivity index (χ4n) is 3.60. The summed E-state index contributed by atoms with van der Waals surface area (Å²) in [5.74, 6) is 0. The molecule has 0 aromatic heterocycles. The summed E-state index contributed by atoms with van der Waals surface area (Å²) in [6, 6.07) is 11.1. The van der Waals surface area contributed by atoms with Crippen LogP contribution in [0.4, 0.5) is 0 Å². The molecule has 0 aliphatic carbocycles. The third kappa shape index (κ3) is 3.18. The van der Waals surface area contributed by atoms with Gasteiger partial charge in [0, 0.05) is 0 Å². The van der Waals surface area contributed by atoms with Crippen LogP contribution in [-0.2, 0) is 0 Å². The molecular weight excluding hydrogens is 232 g/mol. The molecule has 0 amide bonds. The van der Waals surface area contributed by atoms with Crippen molar-refractivity contribution >= 4 is 0 Å². The molecule has 1 aromatic carbocycles. The Hall–Kier alpha value is -0.860. The maximum Gasteiger partial charge on any atom is 0.0886 e. The summed E-state index contributed by atoms with van der Waals surface area (Å²) in [5.41, 5.74) is 1.49. The molecular formula is C17H26N2. The van der Waals surface area contributed by atoms with Crippen LogP contribution < -0.4 is 0 Å². The first-order valence-corrected chi connectivity index (χ1v) is 7.98. The first-order valence-electron chi connectivity index (χ1n) is 7.98. The van der Waals surface area contributed by atoms with Gasteiger partial charge in [-0.2, -0.15) is 0 Å².